The van der Waals surface area contributed by atoms with Crippen molar-refractivity contribution in [3.05, 3.63) is 359 Å². The van der Waals surface area contributed by atoms with E-state index in [2.05, 4.69) is 35.8 Å². The number of carbonyl (C=O) groups excluding carboxylic acids is 8. The number of ketones is 2. The number of nitriles is 1. The summed E-state index contributed by atoms with van der Waals surface area (Å²) in [4.78, 5) is 122. The predicted octanol–water partition coefficient (Wildman–Crippen LogP) is 15.7. The molecule has 0 radical (unpaired) electrons. The van der Waals surface area contributed by atoms with Gasteiger partial charge in [0.05, 0.1) is 22.4 Å². The summed E-state index contributed by atoms with van der Waals surface area (Å²) in [7, 11) is 0. The van der Waals surface area contributed by atoms with E-state index in [0.717, 1.165) is 11.3 Å². The highest BCUT2D eigenvalue weighted by molar-refractivity contribution is 6.53. The summed E-state index contributed by atoms with van der Waals surface area (Å²) < 4.78 is 0. The van der Waals surface area contributed by atoms with E-state index in [1.54, 1.807) is 231 Å². The van der Waals surface area contributed by atoms with Crippen molar-refractivity contribution < 1.29 is 67.4 Å². The maximum Gasteiger partial charge on any atom is 0.365 e. The fourth-order valence-corrected chi connectivity index (χ4v) is 8.55. The minimum atomic E-state index is -0.731. The Balaban J connectivity index is 0.000000207. The first-order chi connectivity index (χ1) is 51.0. The summed E-state index contributed by atoms with van der Waals surface area (Å²) in [6.45, 7) is 6.64. The Hall–Kier alpha value is -13.6. The first kappa shape index (κ1) is 80.4. The number of benzene rings is 10. The molecule has 10 aromatic rings. The van der Waals surface area contributed by atoms with Gasteiger partial charge >= 0.3 is 35.8 Å². The summed E-state index contributed by atoms with van der Waals surface area (Å²) in [5, 5.41) is 31.7. The third-order valence-electron chi connectivity index (χ3n) is 13.4. The molecule has 0 saturated heterocycles. The molecule has 23 heteroatoms. The van der Waals surface area contributed by atoms with E-state index in [-0.39, 0.29) is 57.8 Å². The van der Waals surface area contributed by atoms with Gasteiger partial charge < -0.3 is 29.0 Å². The van der Waals surface area contributed by atoms with Gasteiger partial charge in [-0.3, -0.25) is 9.59 Å². The lowest BCUT2D eigenvalue weighted by molar-refractivity contribution is -0.141. The second kappa shape index (κ2) is 45.3. The van der Waals surface area contributed by atoms with Gasteiger partial charge in [-0.1, -0.05) is 312 Å². The number of carbonyl (C=O) groups is 8. The van der Waals surface area contributed by atoms with Crippen LogP contribution in [0.4, 0.5) is 0 Å². The highest BCUT2D eigenvalue weighted by atomic mass is 35.5. The topological polar surface area (TPSA) is 290 Å². The quantitative estimate of drug-likeness (QED) is 0.0200. The zero-order valence-corrected chi connectivity index (χ0v) is 58.5. The lowest BCUT2D eigenvalue weighted by Gasteiger charge is -2.09. The van der Waals surface area contributed by atoms with Gasteiger partial charge in [-0.25, -0.2) is 28.8 Å². The summed E-state index contributed by atoms with van der Waals surface area (Å²) in [6.07, 6.45) is 0. The molecule has 0 spiro atoms. The summed E-state index contributed by atoms with van der Waals surface area (Å²) in [6, 6.07) is 90.5. The lowest BCUT2D eigenvalue weighted by atomic mass is 10.00. The van der Waals surface area contributed by atoms with E-state index >= 15 is 0 Å². The zero-order chi connectivity index (χ0) is 75.4. The lowest BCUT2D eigenvalue weighted by Crippen LogP contribution is -2.20. The molecular weight excluding hydrogens is 1380 g/mol. The molecule has 528 valence electrons. The number of nitrogens with zero attached hydrogens (tertiary/aromatic N) is 7. The second-order valence-electron chi connectivity index (χ2n) is 21.4. The molecule has 10 aromatic carbocycles. The Kier molecular flexibility index (Phi) is 34.7. The number of Topliss-reactive ketones (excluding diaryl/α,β-unsaturated/α-hetero) is 2. The third-order valence-corrected chi connectivity index (χ3v) is 13.9. The highest BCUT2D eigenvalue weighted by Crippen LogP contribution is 2.16. The monoisotopic (exact) mass is 1440 g/mol. The zero-order valence-electron chi connectivity index (χ0n) is 57.0. The van der Waals surface area contributed by atoms with Crippen LogP contribution < -0.4 is 0 Å². The Morgan fingerprint density at radius 3 is 0.876 bits per heavy atom. The van der Waals surface area contributed by atoms with Gasteiger partial charge in [0.25, 0.3) is 0 Å². The molecule has 0 amide bonds. The molecule has 10 rings (SSSR count). The van der Waals surface area contributed by atoms with E-state index in [9.17, 15) is 38.4 Å². The van der Waals surface area contributed by atoms with Crippen LogP contribution in [0.1, 0.15) is 103 Å². The molecular formula is C82H67Cl2N7O14. The van der Waals surface area contributed by atoms with Crippen LogP contribution in [0.25, 0.3) is 0 Å². The van der Waals surface area contributed by atoms with Gasteiger partial charge in [-0.2, -0.15) is 5.26 Å². The van der Waals surface area contributed by atoms with E-state index in [4.69, 9.17) is 52.7 Å². The minimum Gasteiger partial charge on any atom is -0.318 e. The van der Waals surface area contributed by atoms with Crippen LogP contribution in [0.15, 0.2) is 334 Å². The second-order valence-corrected chi connectivity index (χ2v) is 21.9. The molecule has 21 nitrogen and oxygen atoms in total. The molecule has 105 heavy (non-hydrogen) atoms. The van der Waals surface area contributed by atoms with Crippen molar-refractivity contribution in [2.24, 2.45) is 36.9 Å². The van der Waals surface area contributed by atoms with Gasteiger partial charge in [0.2, 0.25) is 5.78 Å². The van der Waals surface area contributed by atoms with E-state index in [1.807, 2.05) is 92.7 Å². The molecule has 0 aliphatic heterocycles. The number of halogens is 2. The van der Waals surface area contributed by atoms with Gasteiger partial charge in [0.15, 0.2) is 22.9 Å². The van der Waals surface area contributed by atoms with Crippen LogP contribution in [-0.2, 0) is 48.2 Å². The number of rotatable bonds is 22. The smallest absolute Gasteiger partial charge is 0.318 e. The largest absolute Gasteiger partial charge is 0.365 e. The standard InChI is InChI=1S/C18H14Cl2N2O4.C17H17NO2.2C16H13NO3.C15H10N2O2/c19-11-15(23)25-21-17(13-7-3-1-4-8-13)18(22-26-16(24)12-20)14-9-5-2-6-10-14;1-13(2)16(14-9-5-3-6-10-14)18-20-17(19)15-11-7-4-8-12-15;1-12(18)20-17-15(13-8-4-2-5-9-13)16(19)14-10-6-3-7-11-14;1-12(18)15(13-8-4-2-5-9-13)17-20-16(19)14-10-6-3-7-11-14;16-11-14(12-7-3-1-4-8-12)17-19-15(18)13-9-5-2-6-10-13/h1-10H,11-12H2;3-13H,1-2H3;2*2-11H,1H3;1-10H/b21-17-,22-18-;18-16+;17-15-;17-15+;17-14+. The molecule has 0 bridgehead atoms. The molecule has 0 N–H and O–H groups in total. The first-order valence-corrected chi connectivity index (χ1v) is 32.9. The van der Waals surface area contributed by atoms with Crippen molar-refractivity contribution in [1.82, 2.24) is 0 Å². The first-order valence-electron chi connectivity index (χ1n) is 31.8. The Morgan fingerprint density at radius 1 is 0.314 bits per heavy atom. The number of hydrogen-bond acceptors (Lipinski definition) is 21. The maximum absolute atomic E-state index is 12.4. The van der Waals surface area contributed by atoms with Crippen LogP contribution >= 0.6 is 23.2 Å². The molecule has 0 unspecified atom stereocenters. The summed E-state index contributed by atoms with van der Waals surface area (Å²) >= 11 is 10.9. The Morgan fingerprint density at radius 2 is 0.571 bits per heavy atom. The number of hydrogen-bond donors (Lipinski definition) is 0. The van der Waals surface area contributed by atoms with Crippen LogP contribution in [0, 0.1) is 17.2 Å². The summed E-state index contributed by atoms with van der Waals surface area (Å²) in [5.74, 6) is -4.77. The molecule has 0 atom stereocenters. The van der Waals surface area contributed by atoms with Gasteiger partial charge in [0, 0.05) is 47.2 Å². The fourth-order valence-electron chi connectivity index (χ4n) is 8.45. The van der Waals surface area contributed by atoms with Crippen LogP contribution in [0.5, 0.6) is 0 Å². The van der Waals surface area contributed by atoms with Gasteiger partial charge in [-0.05, 0) is 47.9 Å². The minimum absolute atomic E-state index is 0.0601. The average Bonchev–Trinajstić information content (AvgIpc) is 0.864. The molecule has 0 fully saturated rings. The summed E-state index contributed by atoms with van der Waals surface area (Å²) in [5.41, 5.74) is 7.15. The highest BCUT2D eigenvalue weighted by Gasteiger charge is 2.21. The van der Waals surface area contributed by atoms with Crippen LogP contribution in [0.3, 0.4) is 0 Å². The van der Waals surface area contributed by atoms with Crippen molar-refractivity contribution in [2.45, 2.75) is 27.7 Å². The molecule has 0 aromatic heterocycles. The van der Waals surface area contributed by atoms with E-state index < -0.39 is 35.8 Å². The molecule has 0 saturated carbocycles. The number of oxime groups is 6. The SMILES string of the molecule is CC(=O)/C(=N\OC(=O)c1ccccc1)c1ccccc1.CC(=O)O/N=C(\C(=O)c1ccccc1)c1ccccc1.CC(C)/C(=N\OC(=O)c1ccccc1)c1ccccc1.N#C/C(=N\OC(=O)c1ccccc1)c1ccccc1.O=C(CCl)O/N=C(\C(=N/OC(=O)CCl)c1ccccc1)c1ccccc1. The van der Waals surface area contributed by atoms with E-state index in [1.165, 1.54) is 13.8 Å². The molecule has 0 heterocycles. The fraction of sp³-hybridized carbons (Fsp3) is 0.0854. The number of alkyl halides is 2. The maximum atomic E-state index is 12.4. The van der Waals surface area contributed by atoms with Crippen molar-refractivity contribution >= 4 is 105 Å². The van der Waals surface area contributed by atoms with Gasteiger partial charge in [-0.15, -0.1) is 23.2 Å². The normalized spacial score (nSPS) is 11.2. The van der Waals surface area contributed by atoms with Crippen molar-refractivity contribution in [3.8, 4) is 6.07 Å². The Bertz CT molecular complexity index is 4620. The molecule has 0 aliphatic carbocycles. The molecule has 0 aliphatic rings. The average molecular weight is 1450 g/mol. The van der Waals surface area contributed by atoms with E-state index in [0.29, 0.717) is 50.1 Å². The predicted molar refractivity (Wildman–Crippen MR) is 401 cm³/mol. The van der Waals surface area contributed by atoms with Gasteiger partial charge in [0.1, 0.15) is 29.3 Å². The van der Waals surface area contributed by atoms with Crippen molar-refractivity contribution in [3.63, 3.8) is 0 Å². The van der Waals surface area contributed by atoms with Crippen LogP contribution in [-0.4, -0.2) is 93.4 Å². The van der Waals surface area contributed by atoms with Crippen LogP contribution in [0.2, 0.25) is 0 Å². The third kappa shape index (κ3) is 28.2. The van der Waals surface area contributed by atoms with Crippen molar-refractivity contribution in [2.75, 3.05) is 11.8 Å². The Labute approximate surface area is 615 Å². The van der Waals surface area contributed by atoms with Crippen molar-refractivity contribution in [1.29, 1.82) is 5.26 Å².